The van der Waals surface area contributed by atoms with Gasteiger partial charge >= 0.3 is 0 Å². The van der Waals surface area contributed by atoms with Gasteiger partial charge in [0.15, 0.2) is 6.04 Å². The van der Waals surface area contributed by atoms with E-state index in [2.05, 4.69) is 4.99 Å². The molecular weight excluding hydrogens is 426 g/mol. The predicted molar refractivity (Wildman–Crippen MR) is 101 cm³/mol. The summed E-state index contributed by atoms with van der Waals surface area (Å²) >= 11 is 0. The first-order valence-electron chi connectivity index (χ1n) is 9.85. The molecule has 9 heteroatoms. The average molecular weight is 450 g/mol. The van der Waals surface area contributed by atoms with E-state index in [9.17, 15) is 5.11 Å². The number of phenols is 1. The van der Waals surface area contributed by atoms with Gasteiger partial charge in [-0.2, -0.15) is 0 Å². The van der Waals surface area contributed by atoms with Gasteiger partial charge in [0.2, 0.25) is 5.36 Å². The molecule has 8 nitrogen and oxygen atoms in total. The Morgan fingerprint density at radius 1 is 0.968 bits per heavy atom. The maximum atomic E-state index is 9.92. The molecule has 0 saturated heterocycles. The van der Waals surface area contributed by atoms with Crippen molar-refractivity contribution in [3.63, 3.8) is 0 Å². The molecule has 1 aliphatic carbocycles. The van der Waals surface area contributed by atoms with Crippen LogP contribution in [0.15, 0.2) is 52.9 Å². The number of phenolic OH excluding ortho intramolecular Hbond substituents is 1. The van der Waals surface area contributed by atoms with E-state index < -0.39 is 10.2 Å². The molecule has 2 N–H and O–H groups in total. The zero-order valence-electron chi connectivity index (χ0n) is 17.0. The van der Waals surface area contributed by atoms with Crippen molar-refractivity contribution >= 4 is 11.0 Å². The molecule has 3 aromatic rings. The summed E-state index contributed by atoms with van der Waals surface area (Å²) in [6.45, 7) is 0. The molecule has 0 radical (unpaired) electrons. The van der Waals surface area contributed by atoms with Crippen molar-refractivity contribution in [1.82, 2.24) is 0 Å². The van der Waals surface area contributed by atoms with Crippen LogP contribution in [0.5, 0.6) is 11.5 Å². The second kappa shape index (κ2) is 10.1. The van der Waals surface area contributed by atoms with Crippen molar-refractivity contribution in [2.45, 2.75) is 38.1 Å². The maximum Gasteiger partial charge on any atom is 0.213 e. The maximum absolute atomic E-state index is 9.92. The third-order valence-electron chi connectivity index (χ3n) is 5.09. The summed E-state index contributed by atoms with van der Waals surface area (Å²) in [6.07, 6.45) is 6.22. The van der Waals surface area contributed by atoms with Gasteiger partial charge in [0.25, 0.3) is 0 Å². The number of aromatic hydroxyl groups is 1. The minimum absolute atomic E-state index is 0.247. The fraction of sp³-hybridized carbons (Fsp3) is 0.318. The molecule has 166 valence electrons. The standard InChI is InChI=1S/C22H23NO3.ClHO4/c1-25-18-10-7-15(8-11-18)22-14-20(23-16-5-3-2-4-6-16)19-13-17(24)9-12-21(19)26-22;2-1(3,4)5/h7-14,16,24H,2-6H2,1H3;(H,2,3,4,5). The molecule has 0 unspecified atom stereocenters. The fourth-order valence-corrected chi connectivity index (χ4v) is 3.66. The van der Waals surface area contributed by atoms with Gasteiger partial charge < -0.3 is 14.3 Å². The topological polar surface area (TPSA) is 149 Å². The summed E-state index contributed by atoms with van der Waals surface area (Å²) in [6, 6.07) is 15.6. The van der Waals surface area contributed by atoms with Crippen LogP contribution >= 0.6 is 0 Å². The van der Waals surface area contributed by atoms with E-state index in [1.165, 1.54) is 32.1 Å². The van der Waals surface area contributed by atoms with Gasteiger partial charge in [-0.05, 0) is 55.3 Å². The number of ether oxygens (including phenoxy) is 1. The third kappa shape index (κ3) is 6.95. The second-order valence-electron chi connectivity index (χ2n) is 7.29. The molecule has 1 saturated carbocycles. The zero-order valence-corrected chi connectivity index (χ0v) is 17.8. The Kier molecular flexibility index (Phi) is 7.53. The van der Waals surface area contributed by atoms with E-state index in [1.807, 2.05) is 36.4 Å². The minimum atomic E-state index is -4.94. The van der Waals surface area contributed by atoms with Crippen LogP contribution in [0.1, 0.15) is 32.1 Å². The second-order valence-corrected chi connectivity index (χ2v) is 8.05. The molecular formula is C22H24ClNO7. The van der Waals surface area contributed by atoms with E-state index in [-0.39, 0.29) is 5.75 Å². The summed E-state index contributed by atoms with van der Waals surface area (Å²) in [5, 5.41) is 11.8. The first kappa shape index (κ1) is 23.1. The van der Waals surface area contributed by atoms with E-state index in [0.29, 0.717) is 6.04 Å². The van der Waals surface area contributed by atoms with Crippen LogP contribution < -0.4 is 33.7 Å². The zero-order chi connectivity index (χ0) is 22.4. The highest BCUT2D eigenvalue weighted by atomic mass is 35.7. The highest BCUT2D eigenvalue weighted by molar-refractivity contribution is 5.79. The van der Waals surface area contributed by atoms with Crippen LogP contribution in [0.3, 0.4) is 0 Å². The Morgan fingerprint density at radius 2 is 1.61 bits per heavy atom. The van der Waals surface area contributed by atoms with Crippen molar-refractivity contribution in [2.75, 3.05) is 7.11 Å². The smallest absolute Gasteiger partial charge is 0.213 e. The monoisotopic (exact) mass is 449 g/mol. The summed E-state index contributed by atoms with van der Waals surface area (Å²) in [4.78, 5) is 3.69. The number of nitrogens with one attached hydrogen (secondary N) is 1. The van der Waals surface area contributed by atoms with E-state index in [1.54, 1.807) is 19.2 Å². The molecule has 0 bridgehead atoms. The largest absolute Gasteiger partial charge is 0.508 e. The summed E-state index contributed by atoms with van der Waals surface area (Å²) in [5.41, 5.74) is 1.75. The highest BCUT2D eigenvalue weighted by Gasteiger charge is 2.18. The van der Waals surface area contributed by atoms with Gasteiger partial charge in [-0.25, -0.2) is 23.6 Å². The lowest BCUT2D eigenvalue weighted by Crippen LogP contribution is -2.83. The van der Waals surface area contributed by atoms with E-state index >= 15 is 0 Å². The Labute approximate surface area is 181 Å². The predicted octanol–water partition coefficient (Wildman–Crippen LogP) is -1.63. The number of fused-ring (bicyclic) bond motifs is 1. The molecule has 1 heterocycles. The molecule has 1 aromatic heterocycles. The Hall–Kier alpha value is -2.62. The molecule has 2 aromatic carbocycles. The van der Waals surface area contributed by atoms with Crippen molar-refractivity contribution in [3.05, 3.63) is 53.9 Å². The molecule has 31 heavy (non-hydrogen) atoms. The average Bonchev–Trinajstić information content (AvgIpc) is 2.73. The van der Waals surface area contributed by atoms with Crippen LogP contribution in [0.25, 0.3) is 22.3 Å². The van der Waals surface area contributed by atoms with Crippen molar-refractivity contribution in [2.24, 2.45) is 0 Å². The van der Waals surface area contributed by atoms with E-state index in [0.717, 1.165) is 33.4 Å². The van der Waals surface area contributed by atoms with Gasteiger partial charge in [0.1, 0.15) is 22.8 Å². The lowest BCUT2D eigenvalue weighted by molar-refractivity contribution is -2.00. The molecule has 1 fully saturated rings. The first-order chi connectivity index (χ1) is 14.7. The molecule has 0 amide bonds. The number of halogens is 1. The van der Waals surface area contributed by atoms with E-state index in [4.69, 9.17) is 27.8 Å². The molecule has 0 aliphatic heterocycles. The normalized spacial score (nSPS) is 15.5. The highest BCUT2D eigenvalue weighted by Crippen LogP contribution is 2.25. The minimum Gasteiger partial charge on any atom is -0.508 e. The van der Waals surface area contributed by atoms with Crippen LogP contribution in [0, 0.1) is 10.2 Å². The number of rotatable bonds is 3. The van der Waals surface area contributed by atoms with Gasteiger partial charge in [-0.15, -0.1) is 10.2 Å². The Balaban J connectivity index is 0.000000491. The lowest BCUT2D eigenvalue weighted by atomic mass is 9.96. The lowest BCUT2D eigenvalue weighted by Gasteiger charge is -2.17. The van der Waals surface area contributed by atoms with Crippen molar-refractivity contribution in [3.8, 4) is 22.8 Å². The van der Waals surface area contributed by atoms with Crippen LogP contribution in [0.2, 0.25) is 0 Å². The molecule has 1 aliphatic rings. The number of hydrogen-bond acceptors (Lipinski definition) is 7. The van der Waals surface area contributed by atoms with Crippen LogP contribution in [-0.2, 0) is 0 Å². The van der Waals surface area contributed by atoms with Crippen LogP contribution in [0.4, 0.5) is 0 Å². The van der Waals surface area contributed by atoms with Gasteiger partial charge in [-0.3, -0.25) is 0 Å². The van der Waals surface area contributed by atoms with Crippen LogP contribution in [-0.4, -0.2) is 18.3 Å². The van der Waals surface area contributed by atoms with Crippen molar-refractivity contribution in [1.29, 1.82) is 0 Å². The summed E-state index contributed by atoms with van der Waals surface area (Å²) in [5.74, 6) is 1.86. The number of hydrogen-bond donors (Lipinski definition) is 2. The van der Waals surface area contributed by atoms with Gasteiger partial charge in [-0.1, -0.05) is 6.42 Å². The van der Waals surface area contributed by atoms with Crippen molar-refractivity contribution < 1.29 is 48.1 Å². The van der Waals surface area contributed by atoms with Gasteiger partial charge in [0, 0.05) is 18.4 Å². The third-order valence-corrected chi connectivity index (χ3v) is 5.09. The Bertz CT molecular complexity index is 1060. The van der Waals surface area contributed by atoms with Gasteiger partial charge in [0.05, 0.1) is 18.6 Å². The number of benzene rings is 2. The fourth-order valence-electron chi connectivity index (χ4n) is 3.66. The molecule has 0 atom stereocenters. The quantitative estimate of drug-likeness (QED) is 0.487. The first-order valence-corrected chi connectivity index (χ1v) is 11.1. The summed E-state index contributed by atoms with van der Waals surface area (Å²) in [7, 11) is -3.28. The number of methoxy groups -OCH3 is 1. The molecule has 0 spiro atoms. The SMILES string of the molecule is COc1ccc(-c2cc(=[NH+]C3CCCCC3)c3cc(O)ccc3o2)cc1.[O-][Cl+3]([O-])([O-])[O-]. The summed E-state index contributed by atoms with van der Waals surface area (Å²) < 4.78 is 45.3. The Morgan fingerprint density at radius 3 is 2.23 bits per heavy atom. The molecule has 4 rings (SSSR count).